The number of nitrogens with one attached hydrogen (secondary N) is 1. The average Bonchev–Trinajstić information content (AvgIpc) is 2.13. The predicted molar refractivity (Wildman–Crippen MR) is 74.2 cm³/mol. The minimum Gasteiger partial charge on any atom is -0.362 e. The maximum absolute atomic E-state index is 4.64. The molecule has 0 radical (unpaired) electrons. The fourth-order valence-electron chi connectivity index (χ4n) is 1.62. The van der Waals surface area contributed by atoms with E-state index in [1.165, 1.54) is 17.9 Å². The molecule has 4 heteroatoms. The molecule has 1 N–H and O–H groups in total. The molecule has 1 aliphatic heterocycles. The molecule has 0 aromatic heterocycles. The van der Waals surface area contributed by atoms with Crippen LogP contribution in [0.4, 0.5) is 0 Å². The Bertz CT molecular complexity index is 219. The molecule has 2 nitrogen and oxygen atoms in total. The molecule has 0 amide bonds. The predicted octanol–water partition coefficient (Wildman–Crippen LogP) is 2.99. The van der Waals surface area contributed by atoms with Gasteiger partial charge in [0.2, 0.25) is 0 Å². The van der Waals surface area contributed by atoms with Gasteiger partial charge in [0.1, 0.15) is 0 Å². The third-order valence-electron chi connectivity index (χ3n) is 2.27. The standard InChI is InChI=1S/C11H22N2S2/c1-5-14-7-9(3)13-11-12-8(2)6-10(4)15-11/h8-10H,5-7H2,1-4H3,(H,12,13). The van der Waals surface area contributed by atoms with Crippen molar-refractivity contribution in [3.05, 3.63) is 0 Å². The Labute approximate surface area is 102 Å². The second-order valence-corrected chi connectivity index (χ2v) is 6.90. The van der Waals surface area contributed by atoms with Crippen molar-refractivity contribution >= 4 is 28.7 Å². The summed E-state index contributed by atoms with van der Waals surface area (Å²) in [5, 5.41) is 5.35. The molecule has 1 aliphatic rings. The quantitative estimate of drug-likeness (QED) is 0.825. The van der Waals surface area contributed by atoms with Gasteiger partial charge in [0.05, 0.1) is 6.04 Å². The van der Waals surface area contributed by atoms with Crippen molar-refractivity contribution in [3.63, 3.8) is 0 Å². The third-order valence-corrected chi connectivity index (χ3v) is 4.45. The van der Waals surface area contributed by atoms with Crippen LogP contribution < -0.4 is 5.32 Å². The van der Waals surface area contributed by atoms with Gasteiger partial charge in [-0.05, 0) is 26.0 Å². The normalized spacial score (nSPS) is 28.4. The number of hydrogen-bond donors (Lipinski definition) is 1. The minimum atomic E-state index is 0.481. The van der Waals surface area contributed by atoms with Crippen molar-refractivity contribution in [2.45, 2.75) is 51.4 Å². The topological polar surface area (TPSA) is 24.4 Å². The van der Waals surface area contributed by atoms with E-state index in [-0.39, 0.29) is 0 Å². The lowest BCUT2D eigenvalue weighted by atomic mass is 10.2. The lowest BCUT2D eigenvalue weighted by Crippen LogP contribution is -2.36. The largest absolute Gasteiger partial charge is 0.362 e. The van der Waals surface area contributed by atoms with Crippen LogP contribution >= 0.6 is 23.5 Å². The summed E-state index contributed by atoms with van der Waals surface area (Å²) in [6.45, 7) is 8.91. The molecular formula is C11H22N2S2. The number of aliphatic imine (C=N–C) groups is 1. The zero-order valence-electron chi connectivity index (χ0n) is 10.1. The Morgan fingerprint density at radius 2 is 2.33 bits per heavy atom. The highest BCUT2D eigenvalue weighted by atomic mass is 32.2. The van der Waals surface area contributed by atoms with E-state index in [1.807, 2.05) is 23.5 Å². The zero-order chi connectivity index (χ0) is 11.3. The van der Waals surface area contributed by atoms with Crippen LogP contribution in [0.5, 0.6) is 0 Å². The van der Waals surface area contributed by atoms with Crippen LogP contribution in [0.25, 0.3) is 0 Å². The Balaban J connectivity index is 2.36. The molecule has 88 valence electrons. The first-order valence-corrected chi connectivity index (χ1v) is 7.74. The highest BCUT2D eigenvalue weighted by Gasteiger charge is 2.19. The molecule has 1 heterocycles. The fourth-order valence-corrected chi connectivity index (χ4v) is 3.56. The maximum atomic E-state index is 4.64. The average molecular weight is 246 g/mol. The second-order valence-electron chi connectivity index (χ2n) is 4.15. The van der Waals surface area contributed by atoms with Gasteiger partial charge in [0, 0.05) is 17.0 Å². The molecule has 1 rings (SSSR count). The number of nitrogens with zero attached hydrogens (tertiary/aromatic N) is 1. The van der Waals surface area contributed by atoms with Crippen molar-refractivity contribution in [2.75, 3.05) is 11.5 Å². The van der Waals surface area contributed by atoms with Crippen molar-refractivity contribution < 1.29 is 0 Å². The van der Waals surface area contributed by atoms with Gasteiger partial charge in [-0.1, -0.05) is 25.6 Å². The Morgan fingerprint density at radius 1 is 1.60 bits per heavy atom. The molecule has 0 aromatic carbocycles. The van der Waals surface area contributed by atoms with E-state index in [0.717, 1.165) is 5.17 Å². The van der Waals surface area contributed by atoms with Crippen molar-refractivity contribution in [3.8, 4) is 0 Å². The van der Waals surface area contributed by atoms with Gasteiger partial charge in [-0.2, -0.15) is 11.8 Å². The minimum absolute atomic E-state index is 0.481. The molecular weight excluding hydrogens is 224 g/mol. The molecule has 0 spiro atoms. The molecule has 3 unspecified atom stereocenters. The van der Waals surface area contributed by atoms with Crippen LogP contribution in [0.15, 0.2) is 4.99 Å². The van der Waals surface area contributed by atoms with Crippen LogP contribution in [0, 0.1) is 0 Å². The van der Waals surface area contributed by atoms with Crippen LogP contribution in [0.2, 0.25) is 0 Å². The van der Waals surface area contributed by atoms with E-state index in [4.69, 9.17) is 0 Å². The summed E-state index contributed by atoms with van der Waals surface area (Å²) in [6, 6.07) is 1.01. The van der Waals surface area contributed by atoms with Crippen molar-refractivity contribution in [1.29, 1.82) is 0 Å². The maximum Gasteiger partial charge on any atom is 0.157 e. The van der Waals surface area contributed by atoms with Crippen LogP contribution in [-0.2, 0) is 0 Å². The van der Waals surface area contributed by atoms with E-state index >= 15 is 0 Å². The summed E-state index contributed by atoms with van der Waals surface area (Å²) in [7, 11) is 0. The summed E-state index contributed by atoms with van der Waals surface area (Å²) in [5.41, 5.74) is 0. The highest BCUT2D eigenvalue weighted by Crippen LogP contribution is 2.24. The van der Waals surface area contributed by atoms with Gasteiger partial charge in [-0.15, -0.1) is 0 Å². The van der Waals surface area contributed by atoms with E-state index in [0.29, 0.717) is 17.3 Å². The molecule has 0 bridgehead atoms. The summed E-state index contributed by atoms with van der Waals surface area (Å²) < 4.78 is 0. The second kappa shape index (κ2) is 6.69. The molecule has 15 heavy (non-hydrogen) atoms. The molecule has 0 saturated carbocycles. The van der Waals surface area contributed by atoms with E-state index in [9.17, 15) is 0 Å². The molecule has 0 saturated heterocycles. The summed E-state index contributed by atoms with van der Waals surface area (Å²) in [5.74, 6) is 2.36. The highest BCUT2D eigenvalue weighted by molar-refractivity contribution is 8.14. The Morgan fingerprint density at radius 3 is 2.93 bits per heavy atom. The molecule has 0 aromatic rings. The van der Waals surface area contributed by atoms with E-state index in [2.05, 4.69) is 38.0 Å². The SMILES string of the molecule is CCSCC(C)NC1=NC(C)CC(C)S1. The first kappa shape index (κ1) is 13.2. The number of rotatable bonds is 4. The van der Waals surface area contributed by atoms with Crippen LogP contribution in [0.3, 0.4) is 0 Å². The molecule has 3 atom stereocenters. The van der Waals surface area contributed by atoms with Gasteiger partial charge in [-0.25, -0.2) is 0 Å². The molecule has 0 aliphatic carbocycles. The fraction of sp³-hybridized carbons (Fsp3) is 0.909. The summed E-state index contributed by atoms with van der Waals surface area (Å²) in [4.78, 5) is 4.64. The van der Waals surface area contributed by atoms with Gasteiger partial charge in [0.25, 0.3) is 0 Å². The third kappa shape index (κ3) is 5.16. The van der Waals surface area contributed by atoms with E-state index in [1.54, 1.807) is 0 Å². The first-order chi connectivity index (χ1) is 7.11. The van der Waals surface area contributed by atoms with Crippen molar-refractivity contribution in [2.24, 2.45) is 4.99 Å². The lowest BCUT2D eigenvalue weighted by molar-refractivity contribution is 0.647. The van der Waals surface area contributed by atoms with Gasteiger partial charge in [0.15, 0.2) is 5.17 Å². The smallest absolute Gasteiger partial charge is 0.157 e. The first-order valence-electron chi connectivity index (χ1n) is 5.70. The van der Waals surface area contributed by atoms with Crippen LogP contribution in [-0.4, -0.2) is 34.0 Å². The number of hydrogen-bond acceptors (Lipinski definition) is 4. The lowest BCUT2D eigenvalue weighted by Gasteiger charge is -2.25. The summed E-state index contributed by atoms with van der Waals surface area (Å²) >= 11 is 3.86. The Kier molecular flexibility index (Phi) is 5.90. The number of amidine groups is 1. The van der Waals surface area contributed by atoms with Crippen LogP contribution in [0.1, 0.15) is 34.1 Å². The van der Waals surface area contributed by atoms with Crippen molar-refractivity contribution in [1.82, 2.24) is 5.32 Å². The van der Waals surface area contributed by atoms with E-state index < -0.39 is 0 Å². The van der Waals surface area contributed by atoms with Gasteiger partial charge in [-0.3, -0.25) is 4.99 Å². The summed E-state index contributed by atoms with van der Waals surface area (Å²) in [6.07, 6.45) is 1.20. The molecule has 0 fully saturated rings. The zero-order valence-corrected chi connectivity index (χ0v) is 11.8. The number of thioether (sulfide) groups is 2. The Hall–Kier alpha value is 0.170. The van der Waals surface area contributed by atoms with Gasteiger partial charge >= 0.3 is 0 Å². The monoisotopic (exact) mass is 246 g/mol. The van der Waals surface area contributed by atoms with Gasteiger partial charge < -0.3 is 5.32 Å².